The minimum atomic E-state index is -0.192. The molecule has 2 rings (SSSR count). The summed E-state index contributed by atoms with van der Waals surface area (Å²) in [5.74, 6) is -0.277. The van der Waals surface area contributed by atoms with Gasteiger partial charge in [0.1, 0.15) is 0 Å². The van der Waals surface area contributed by atoms with E-state index in [1.165, 1.54) is 10.5 Å². The summed E-state index contributed by atoms with van der Waals surface area (Å²) in [6.07, 6.45) is 0. The Morgan fingerprint density at radius 2 is 1.57 bits per heavy atom. The molecule has 0 unspecified atom stereocenters. The van der Waals surface area contributed by atoms with Crippen molar-refractivity contribution in [1.82, 2.24) is 4.90 Å². The van der Waals surface area contributed by atoms with Gasteiger partial charge in [0, 0.05) is 25.0 Å². The number of carbonyl (C=O) groups excluding carboxylic acids is 2. The molecule has 1 N–H and O–H groups in total. The fraction of sp³-hybridized carbons (Fsp3) is 0.391. The van der Waals surface area contributed by atoms with Gasteiger partial charge in [-0.3, -0.25) is 9.59 Å². The predicted octanol–water partition coefficient (Wildman–Crippen LogP) is 3.84. The first-order valence-corrected chi connectivity index (χ1v) is 9.65. The third-order valence-electron chi connectivity index (χ3n) is 4.95. The summed E-state index contributed by atoms with van der Waals surface area (Å²) >= 11 is 0. The first kappa shape index (κ1) is 21.5. The molecule has 0 atom stereocenters. The van der Waals surface area contributed by atoms with Gasteiger partial charge in [-0.15, -0.1) is 0 Å². The van der Waals surface area contributed by atoms with Crippen LogP contribution in [0.25, 0.3) is 0 Å². The molecule has 2 amide bonds. The molecule has 150 valence electrons. The molecule has 0 bridgehead atoms. The van der Waals surface area contributed by atoms with Crippen molar-refractivity contribution in [2.75, 3.05) is 36.9 Å². The van der Waals surface area contributed by atoms with E-state index < -0.39 is 0 Å². The molecule has 0 aliphatic carbocycles. The van der Waals surface area contributed by atoms with Crippen LogP contribution >= 0.6 is 0 Å². The van der Waals surface area contributed by atoms with Gasteiger partial charge in [-0.25, -0.2) is 0 Å². The predicted molar refractivity (Wildman–Crippen MR) is 116 cm³/mol. The fourth-order valence-electron chi connectivity index (χ4n) is 3.31. The second-order valence-electron chi connectivity index (χ2n) is 7.37. The number of nitrogens with one attached hydrogen (secondary N) is 1. The van der Waals surface area contributed by atoms with E-state index in [0.29, 0.717) is 0 Å². The summed E-state index contributed by atoms with van der Waals surface area (Å²) in [5.41, 5.74) is 6.23. The number of hydrogen-bond acceptors (Lipinski definition) is 3. The number of carbonyl (C=O) groups is 2. The number of anilines is 2. The second kappa shape index (κ2) is 9.40. The topological polar surface area (TPSA) is 52.7 Å². The van der Waals surface area contributed by atoms with Crippen LogP contribution in [0, 0.1) is 27.7 Å². The standard InChI is InChI=1S/C23H31N3O2/c1-7-26(20-12-11-16(2)13-19(20)5)15-22(28)25(6)14-21(27)24-23-17(3)9-8-10-18(23)4/h8-13H,7,14-15H2,1-6H3,(H,24,27). The Morgan fingerprint density at radius 1 is 0.929 bits per heavy atom. The van der Waals surface area contributed by atoms with E-state index in [1.807, 2.05) is 43.9 Å². The Labute approximate surface area is 168 Å². The second-order valence-corrected chi connectivity index (χ2v) is 7.37. The van der Waals surface area contributed by atoms with Gasteiger partial charge < -0.3 is 15.1 Å². The molecule has 5 heteroatoms. The van der Waals surface area contributed by atoms with E-state index in [0.717, 1.165) is 34.6 Å². The summed E-state index contributed by atoms with van der Waals surface area (Å²) in [6, 6.07) is 12.1. The molecule has 0 aliphatic heterocycles. The lowest BCUT2D eigenvalue weighted by Gasteiger charge is -2.27. The van der Waals surface area contributed by atoms with Gasteiger partial charge in [0.05, 0.1) is 13.1 Å². The molecule has 0 saturated heterocycles. The quantitative estimate of drug-likeness (QED) is 0.793. The largest absolute Gasteiger partial charge is 0.362 e. The van der Waals surface area contributed by atoms with Crippen LogP contribution in [0.5, 0.6) is 0 Å². The Bertz CT molecular complexity index is 841. The maximum absolute atomic E-state index is 12.7. The van der Waals surface area contributed by atoms with Crippen LogP contribution in [0.15, 0.2) is 36.4 Å². The molecule has 0 saturated carbocycles. The lowest BCUT2D eigenvalue weighted by molar-refractivity contribution is -0.132. The molecule has 0 fully saturated rings. The van der Waals surface area contributed by atoms with Gasteiger partial charge >= 0.3 is 0 Å². The minimum Gasteiger partial charge on any atom is -0.362 e. The zero-order valence-corrected chi connectivity index (χ0v) is 17.8. The highest BCUT2D eigenvalue weighted by molar-refractivity contribution is 5.96. The molecule has 0 radical (unpaired) electrons. The number of benzene rings is 2. The van der Waals surface area contributed by atoms with Crippen LogP contribution in [-0.4, -0.2) is 43.4 Å². The molecule has 0 aromatic heterocycles. The third-order valence-corrected chi connectivity index (χ3v) is 4.95. The van der Waals surface area contributed by atoms with Gasteiger partial charge in [0.2, 0.25) is 11.8 Å². The van der Waals surface area contributed by atoms with Crippen molar-refractivity contribution in [2.24, 2.45) is 0 Å². The van der Waals surface area contributed by atoms with Crippen molar-refractivity contribution in [3.8, 4) is 0 Å². The van der Waals surface area contributed by atoms with E-state index in [2.05, 4.69) is 37.4 Å². The van der Waals surface area contributed by atoms with Gasteiger partial charge in [0.15, 0.2) is 0 Å². The van der Waals surface area contributed by atoms with Gasteiger partial charge in [-0.2, -0.15) is 0 Å². The Balaban J connectivity index is 2.00. The first-order valence-electron chi connectivity index (χ1n) is 9.65. The van der Waals surface area contributed by atoms with Crippen molar-refractivity contribution in [1.29, 1.82) is 0 Å². The summed E-state index contributed by atoms with van der Waals surface area (Å²) in [5, 5.41) is 2.93. The van der Waals surface area contributed by atoms with Crippen molar-refractivity contribution in [3.63, 3.8) is 0 Å². The van der Waals surface area contributed by atoms with Crippen molar-refractivity contribution in [2.45, 2.75) is 34.6 Å². The SMILES string of the molecule is CCN(CC(=O)N(C)CC(=O)Nc1c(C)cccc1C)c1ccc(C)cc1C. The summed E-state index contributed by atoms with van der Waals surface area (Å²) in [7, 11) is 1.67. The Hall–Kier alpha value is -2.82. The van der Waals surface area contributed by atoms with Gasteiger partial charge in [-0.05, 0) is 57.4 Å². The zero-order chi connectivity index (χ0) is 20.8. The lowest BCUT2D eigenvalue weighted by Crippen LogP contribution is -2.42. The number of amides is 2. The molecule has 0 heterocycles. The highest BCUT2D eigenvalue weighted by Gasteiger charge is 2.18. The number of likely N-dealkylation sites (N-methyl/N-ethyl adjacent to an activating group) is 2. The van der Waals surface area contributed by atoms with E-state index in [1.54, 1.807) is 7.05 Å². The van der Waals surface area contributed by atoms with Crippen LogP contribution in [-0.2, 0) is 9.59 Å². The summed E-state index contributed by atoms with van der Waals surface area (Å²) in [6.45, 7) is 11.0. The van der Waals surface area contributed by atoms with Crippen molar-refractivity contribution in [3.05, 3.63) is 58.7 Å². The molecule has 28 heavy (non-hydrogen) atoms. The maximum Gasteiger partial charge on any atom is 0.243 e. The smallest absolute Gasteiger partial charge is 0.243 e. The molecular formula is C23H31N3O2. The first-order chi connectivity index (χ1) is 13.2. The van der Waals surface area contributed by atoms with Gasteiger partial charge in [-0.1, -0.05) is 35.9 Å². The van der Waals surface area contributed by atoms with Crippen LogP contribution < -0.4 is 10.2 Å². The van der Waals surface area contributed by atoms with E-state index in [9.17, 15) is 9.59 Å². The Morgan fingerprint density at radius 3 is 2.14 bits per heavy atom. The zero-order valence-electron chi connectivity index (χ0n) is 17.8. The number of rotatable bonds is 7. The van der Waals surface area contributed by atoms with E-state index in [-0.39, 0.29) is 24.9 Å². The highest BCUT2D eigenvalue weighted by atomic mass is 16.2. The average Bonchev–Trinajstić information content (AvgIpc) is 2.63. The molecule has 2 aromatic rings. The van der Waals surface area contributed by atoms with Gasteiger partial charge in [0.25, 0.3) is 0 Å². The van der Waals surface area contributed by atoms with Crippen LogP contribution in [0.1, 0.15) is 29.2 Å². The van der Waals surface area contributed by atoms with E-state index >= 15 is 0 Å². The molecular weight excluding hydrogens is 350 g/mol. The summed E-state index contributed by atoms with van der Waals surface area (Å²) in [4.78, 5) is 28.6. The van der Waals surface area contributed by atoms with Crippen molar-refractivity contribution >= 4 is 23.2 Å². The number of aryl methyl sites for hydroxylation is 4. The molecule has 0 aliphatic rings. The monoisotopic (exact) mass is 381 g/mol. The average molecular weight is 382 g/mol. The molecule has 0 spiro atoms. The van der Waals surface area contributed by atoms with Crippen molar-refractivity contribution < 1.29 is 9.59 Å². The third kappa shape index (κ3) is 5.35. The minimum absolute atomic E-state index is 0.0248. The normalized spacial score (nSPS) is 10.5. The molecule has 2 aromatic carbocycles. The van der Waals surface area contributed by atoms with Crippen LogP contribution in [0.2, 0.25) is 0 Å². The maximum atomic E-state index is 12.7. The van der Waals surface area contributed by atoms with E-state index in [4.69, 9.17) is 0 Å². The molecule has 5 nitrogen and oxygen atoms in total. The van der Waals surface area contributed by atoms with Crippen LogP contribution in [0.4, 0.5) is 11.4 Å². The number of para-hydroxylation sites is 1. The lowest BCUT2D eigenvalue weighted by atomic mass is 10.1. The Kier molecular flexibility index (Phi) is 7.21. The highest BCUT2D eigenvalue weighted by Crippen LogP contribution is 2.21. The van der Waals surface area contributed by atoms with Crippen LogP contribution in [0.3, 0.4) is 0 Å². The number of hydrogen-bond donors (Lipinski definition) is 1. The summed E-state index contributed by atoms with van der Waals surface area (Å²) < 4.78 is 0. The fourth-order valence-corrected chi connectivity index (χ4v) is 3.31. The number of nitrogens with zero attached hydrogens (tertiary/aromatic N) is 2.